The predicted molar refractivity (Wildman–Crippen MR) is 125 cm³/mol. The summed E-state index contributed by atoms with van der Waals surface area (Å²) < 4.78 is 31.2. The molecule has 0 spiro atoms. The molecule has 0 aromatic heterocycles. The minimum absolute atomic E-state index is 0.0155. The normalized spacial score (nSPS) is 29.9. The van der Waals surface area contributed by atoms with E-state index in [1.54, 1.807) is 31.4 Å². The molecule has 0 amide bonds. The summed E-state index contributed by atoms with van der Waals surface area (Å²) in [4.78, 5) is 0.378. The standard InChI is InChI=1S/C27H32O3S/c1-19(10-11-31(28,29)24-6-4-3-5-7-24)23-8-9-26(30-2)25(15-23)27-16-20-12-21(17-27)14-22(13-20)18-27/h3-10,15,20-22H,11-14,16-18H2,1-2H3/b19-10-. The van der Waals surface area contributed by atoms with Crippen molar-refractivity contribution in [1.82, 2.24) is 0 Å². The molecule has 164 valence electrons. The molecule has 4 fully saturated rings. The zero-order valence-electron chi connectivity index (χ0n) is 18.5. The molecule has 0 aliphatic heterocycles. The van der Waals surface area contributed by atoms with Crippen LogP contribution in [0.3, 0.4) is 0 Å². The number of hydrogen-bond donors (Lipinski definition) is 0. The van der Waals surface area contributed by atoms with Crippen LogP contribution in [-0.2, 0) is 15.3 Å². The Kier molecular flexibility index (Phi) is 5.24. The highest BCUT2D eigenvalue weighted by Gasteiger charge is 2.52. The molecule has 0 N–H and O–H groups in total. The monoisotopic (exact) mass is 436 g/mol. The van der Waals surface area contributed by atoms with Gasteiger partial charge >= 0.3 is 0 Å². The van der Waals surface area contributed by atoms with Crippen LogP contribution in [0.1, 0.15) is 56.6 Å². The van der Waals surface area contributed by atoms with Gasteiger partial charge in [0.1, 0.15) is 5.75 Å². The van der Waals surface area contributed by atoms with Crippen molar-refractivity contribution in [3.63, 3.8) is 0 Å². The molecule has 4 aliphatic rings. The molecule has 4 bridgehead atoms. The highest BCUT2D eigenvalue weighted by Crippen LogP contribution is 2.62. The highest BCUT2D eigenvalue weighted by molar-refractivity contribution is 7.91. The van der Waals surface area contributed by atoms with Crippen molar-refractivity contribution in [1.29, 1.82) is 0 Å². The van der Waals surface area contributed by atoms with Gasteiger partial charge in [-0.1, -0.05) is 30.3 Å². The molecule has 6 rings (SSSR count). The van der Waals surface area contributed by atoms with E-state index in [4.69, 9.17) is 4.74 Å². The quantitative estimate of drug-likeness (QED) is 0.554. The molecule has 4 aliphatic carbocycles. The molecule has 4 saturated carbocycles. The molecule has 3 nitrogen and oxygen atoms in total. The van der Waals surface area contributed by atoms with Crippen molar-refractivity contribution in [3.05, 3.63) is 65.7 Å². The SMILES string of the molecule is COc1ccc(/C(C)=C\CS(=O)(=O)c2ccccc2)cc1C12CC3CC(CC(C3)C1)C2. The van der Waals surface area contributed by atoms with Gasteiger partial charge in [-0.2, -0.15) is 0 Å². The van der Waals surface area contributed by atoms with Gasteiger partial charge in [0.25, 0.3) is 0 Å². The average molecular weight is 437 g/mol. The van der Waals surface area contributed by atoms with Crippen LogP contribution in [-0.4, -0.2) is 21.3 Å². The largest absolute Gasteiger partial charge is 0.496 e. The summed E-state index contributed by atoms with van der Waals surface area (Å²) >= 11 is 0. The van der Waals surface area contributed by atoms with E-state index in [0.717, 1.165) is 34.6 Å². The second-order valence-corrected chi connectivity index (χ2v) is 12.1. The molecule has 0 saturated heterocycles. The van der Waals surface area contributed by atoms with Crippen LogP contribution in [0.5, 0.6) is 5.75 Å². The van der Waals surface area contributed by atoms with Gasteiger partial charge < -0.3 is 4.74 Å². The maximum Gasteiger partial charge on any atom is 0.181 e. The predicted octanol–water partition coefficient (Wildman–Crippen LogP) is 6.04. The summed E-state index contributed by atoms with van der Waals surface area (Å²) in [6.07, 6.45) is 9.94. The first-order chi connectivity index (χ1) is 14.9. The van der Waals surface area contributed by atoms with Crippen LogP contribution >= 0.6 is 0 Å². The van der Waals surface area contributed by atoms with Gasteiger partial charge in [-0.05, 0) is 104 Å². The number of rotatable bonds is 6. The molecule has 0 heterocycles. The van der Waals surface area contributed by atoms with E-state index in [0.29, 0.717) is 4.90 Å². The van der Waals surface area contributed by atoms with E-state index >= 15 is 0 Å². The van der Waals surface area contributed by atoms with E-state index in [1.165, 1.54) is 44.1 Å². The lowest BCUT2D eigenvalue weighted by Gasteiger charge is -2.57. The van der Waals surface area contributed by atoms with Crippen molar-refractivity contribution in [3.8, 4) is 5.75 Å². The fraction of sp³-hybridized carbons (Fsp3) is 0.481. The zero-order valence-corrected chi connectivity index (χ0v) is 19.3. The van der Waals surface area contributed by atoms with Gasteiger partial charge in [0, 0.05) is 5.56 Å². The Morgan fingerprint density at radius 1 is 1.00 bits per heavy atom. The van der Waals surface area contributed by atoms with E-state index in [2.05, 4.69) is 18.2 Å². The Bertz CT molecular complexity index is 1060. The number of hydrogen-bond acceptors (Lipinski definition) is 3. The van der Waals surface area contributed by atoms with E-state index in [-0.39, 0.29) is 11.2 Å². The number of ether oxygens (including phenoxy) is 1. The Balaban J connectivity index is 1.45. The van der Waals surface area contributed by atoms with Gasteiger partial charge in [-0.25, -0.2) is 8.42 Å². The van der Waals surface area contributed by atoms with Crippen LogP contribution in [0.4, 0.5) is 0 Å². The molecular weight excluding hydrogens is 404 g/mol. The van der Waals surface area contributed by atoms with Crippen LogP contribution < -0.4 is 4.74 Å². The maximum atomic E-state index is 12.7. The second kappa shape index (κ2) is 7.81. The number of methoxy groups -OCH3 is 1. The fourth-order valence-electron chi connectivity index (χ4n) is 6.88. The van der Waals surface area contributed by atoms with Crippen molar-refractivity contribution in [2.45, 2.75) is 55.8 Å². The van der Waals surface area contributed by atoms with Gasteiger partial charge in [-0.3, -0.25) is 0 Å². The highest BCUT2D eigenvalue weighted by atomic mass is 32.2. The lowest BCUT2D eigenvalue weighted by atomic mass is 9.48. The molecule has 2 aromatic carbocycles. The zero-order chi connectivity index (χ0) is 21.6. The molecule has 31 heavy (non-hydrogen) atoms. The minimum atomic E-state index is -3.32. The Morgan fingerprint density at radius 2 is 1.61 bits per heavy atom. The summed E-state index contributed by atoms with van der Waals surface area (Å²) in [5.41, 5.74) is 3.71. The fourth-order valence-corrected chi connectivity index (χ4v) is 8.12. The van der Waals surface area contributed by atoms with Crippen molar-refractivity contribution >= 4 is 15.4 Å². The summed E-state index contributed by atoms with van der Waals surface area (Å²) in [5.74, 6) is 3.61. The smallest absolute Gasteiger partial charge is 0.181 e. The third kappa shape index (κ3) is 3.84. The topological polar surface area (TPSA) is 43.4 Å². The molecule has 0 radical (unpaired) electrons. The first kappa shape index (κ1) is 20.8. The van der Waals surface area contributed by atoms with Gasteiger partial charge in [0.2, 0.25) is 0 Å². The lowest BCUT2D eigenvalue weighted by Crippen LogP contribution is -2.48. The summed E-state index contributed by atoms with van der Waals surface area (Å²) in [6, 6.07) is 15.2. The lowest BCUT2D eigenvalue weighted by molar-refractivity contribution is -0.00616. The van der Waals surface area contributed by atoms with Crippen LogP contribution in [0.2, 0.25) is 0 Å². The van der Waals surface area contributed by atoms with Crippen molar-refractivity contribution in [2.75, 3.05) is 12.9 Å². The molecule has 0 atom stereocenters. The van der Waals surface area contributed by atoms with Crippen LogP contribution in [0.15, 0.2) is 59.5 Å². The third-order valence-corrected chi connectivity index (χ3v) is 9.57. The summed E-state index contributed by atoms with van der Waals surface area (Å²) in [7, 11) is -1.55. The molecule has 0 unspecified atom stereocenters. The van der Waals surface area contributed by atoms with Crippen LogP contribution in [0.25, 0.3) is 5.57 Å². The van der Waals surface area contributed by atoms with E-state index < -0.39 is 9.84 Å². The van der Waals surface area contributed by atoms with E-state index in [9.17, 15) is 8.42 Å². The molecule has 4 heteroatoms. The Hall–Kier alpha value is -2.07. The second-order valence-electron chi connectivity index (χ2n) is 10.1. The van der Waals surface area contributed by atoms with E-state index in [1.807, 2.05) is 19.1 Å². The first-order valence-electron chi connectivity index (χ1n) is 11.5. The Morgan fingerprint density at radius 3 is 2.19 bits per heavy atom. The van der Waals surface area contributed by atoms with Gasteiger partial charge in [-0.15, -0.1) is 0 Å². The average Bonchev–Trinajstić information content (AvgIpc) is 2.77. The first-order valence-corrected chi connectivity index (χ1v) is 13.2. The number of benzene rings is 2. The van der Waals surface area contributed by atoms with Gasteiger partial charge in [0.05, 0.1) is 17.8 Å². The van der Waals surface area contributed by atoms with Gasteiger partial charge in [0.15, 0.2) is 9.84 Å². The van der Waals surface area contributed by atoms with Crippen molar-refractivity contribution < 1.29 is 13.2 Å². The third-order valence-electron chi connectivity index (χ3n) is 7.98. The van der Waals surface area contributed by atoms with Crippen LogP contribution in [0, 0.1) is 17.8 Å². The summed E-state index contributed by atoms with van der Waals surface area (Å²) in [5, 5.41) is 0. The molecular formula is C27H32O3S. The number of sulfone groups is 1. The number of allylic oxidation sites excluding steroid dienone is 1. The summed E-state index contributed by atoms with van der Waals surface area (Å²) in [6.45, 7) is 2.02. The minimum Gasteiger partial charge on any atom is -0.496 e. The molecule has 2 aromatic rings. The van der Waals surface area contributed by atoms with Crippen molar-refractivity contribution in [2.24, 2.45) is 17.8 Å². The Labute approximate surface area is 186 Å². The maximum absolute atomic E-state index is 12.7.